The first-order valence-corrected chi connectivity index (χ1v) is 5.45. The van der Waals surface area contributed by atoms with Gasteiger partial charge in [0.05, 0.1) is 0 Å². The molecule has 0 aromatic rings. The van der Waals surface area contributed by atoms with E-state index in [9.17, 15) is 9.59 Å². The summed E-state index contributed by atoms with van der Waals surface area (Å²) >= 11 is 0. The van der Waals surface area contributed by atoms with Crippen LogP contribution in [0.4, 0.5) is 0 Å². The highest BCUT2D eigenvalue weighted by molar-refractivity contribution is 5.82. The van der Waals surface area contributed by atoms with Crippen LogP contribution in [0.2, 0.25) is 0 Å². The van der Waals surface area contributed by atoms with Crippen LogP contribution in [0, 0.1) is 5.92 Å². The molecule has 0 aliphatic heterocycles. The molecule has 4 heteroatoms. The zero-order valence-electron chi connectivity index (χ0n) is 9.79. The van der Waals surface area contributed by atoms with Gasteiger partial charge in [-0.2, -0.15) is 0 Å². The smallest absolute Gasteiger partial charge is 0.303 e. The molecule has 0 fully saturated rings. The van der Waals surface area contributed by atoms with Crippen molar-refractivity contribution < 1.29 is 14.3 Å². The SMILES string of the molecule is CCCCCC(C)C(OC(C)=O)C(N)=O. The molecule has 0 bridgehead atoms. The molecule has 2 N–H and O–H groups in total. The molecule has 4 nitrogen and oxygen atoms in total. The fraction of sp³-hybridized carbons (Fsp3) is 0.818. The Kier molecular flexibility index (Phi) is 6.75. The summed E-state index contributed by atoms with van der Waals surface area (Å²) < 4.78 is 4.89. The van der Waals surface area contributed by atoms with Crippen LogP contribution in [-0.2, 0) is 14.3 Å². The first-order chi connectivity index (χ1) is 6.99. The first kappa shape index (κ1) is 13.9. The van der Waals surface area contributed by atoms with Crippen molar-refractivity contribution in [3.63, 3.8) is 0 Å². The minimum absolute atomic E-state index is 0.00190. The highest BCUT2D eigenvalue weighted by Gasteiger charge is 2.25. The predicted octanol–water partition coefficient (Wildman–Crippen LogP) is 1.62. The van der Waals surface area contributed by atoms with E-state index >= 15 is 0 Å². The second-order valence-electron chi connectivity index (χ2n) is 3.91. The summed E-state index contributed by atoms with van der Waals surface area (Å²) in [5.41, 5.74) is 5.17. The quantitative estimate of drug-likeness (QED) is 0.518. The highest BCUT2D eigenvalue weighted by atomic mass is 16.5. The number of carbonyl (C=O) groups is 2. The van der Waals surface area contributed by atoms with Gasteiger partial charge in [0.1, 0.15) is 0 Å². The third kappa shape index (κ3) is 6.10. The Morgan fingerprint density at radius 2 is 1.93 bits per heavy atom. The van der Waals surface area contributed by atoms with Crippen LogP contribution >= 0.6 is 0 Å². The number of nitrogens with two attached hydrogens (primary N) is 1. The topological polar surface area (TPSA) is 69.4 Å². The fourth-order valence-electron chi connectivity index (χ4n) is 1.50. The van der Waals surface area contributed by atoms with Gasteiger partial charge < -0.3 is 10.5 Å². The van der Waals surface area contributed by atoms with Crippen molar-refractivity contribution in [3.8, 4) is 0 Å². The number of unbranched alkanes of at least 4 members (excludes halogenated alkanes) is 2. The molecule has 0 aliphatic carbocycles. The van der Waals surface area contributed by atoms with Crippen molar-refractivity contribution in [3.05, 3.63) is 0 Å². The number of hydrogen-bond donors (Lipinski definition) is 1. The largest absolute Gasteiger partial charge is 0.452 e. The summed E-state index contributed by atoms with van der Waals surface area (Å²) in [5, 5.41) is 0. The third-order valence-electron chi connectivity index (χ3n) is 2.35. The summed E-state index contributed by atoms with van der Waals surface area (Å²) in [6.07, 6.45) is 3.36. The average Bonchev–Trinajstić information content (AvgIpc) is 2.13. The Morgan fingerprint density at radius 1 is 1.33 bits per heavy atom. The van der Waals surface area contributed by atoms with Crippen LogP contribution in [-0.4, -0.2) is 18.0 Å². The Morgan fingerprint density at radius 3 is 2.33 bits per heavy atom. The van der Waals surface area contributed by atoms with Gasteiger partial charge in [-0.15, -0.1) is 0 Å². The number of esters is 1. The number of rotatable bonds is 7. The van der Waals surface area contributed by atoms with Crippen molar-refractivity contribution in [2.24, 2.45) is 11.7 Å². The normalized spacial score (nSPS) is 14.3. The van der Waals surface area contributed by atoms with Crippen molar-refractivity contribution >= 4 is 11.9 Å². The van der Waals surface area contributed by atoms with Gasteiger partial charge in [0.2, 0.25) is 0 Å². The minimum Gasteiger partial charge on any atom is -0.452 e. The molecule has 2 atom stereocenters. The molecular weight excluding hydrogens is 194 g/mol. The molecule has 15 heavy (non-hydrogen) atoms. The standard InChI is InChI=1S/C11H21NO3/c1-4-5-6-7-8(2)10(11(12)14)15-9(3)13/h8,10H,4-7H2,1-3H3,(H2,12,14). The van der Waals surface area contributed by atoms with Crippen molar-refractivity contribution in [2.75, 3.05) is 0 Å². The number of amides is 1. The van der Waals surface area contributed by atoms with Crippen LogP contribution in [0.1, 0.15) is 46.5 Å². The van der Waals surface area contributed by atoms with E-state index in [2.05, 4.69) is 6.92 Å². The van der Waals surface area contributed by atoms with E-state index in [0.29, 0.717) is 0 Å². The lowest BCUT2D eigenvalue weighted by atomic mass is 9.97. The average molecular weight is 215 g/mol. The summed E-state index contributed by atoms with van der Waals surface area (Å²) in [6, 6.07) is 0. The van der Waals surface area contributed by atoms with E-state index in [1.54, 1.807) is 0 Å². The fourth-order valence-corrected chi connectivity index (χ4v) is 1.50. The minimum atomic E-state index is -0.778. The third-order valence-corrected chi connectivity index (χ3v) is 2.35. The maximum absolute atomic E-state index is 11.1. The van der Waals surface area contributed by atoms with Gasteiger partial charge in [-0.1, -0.05) is 33.1 Å². The highest BCUT2D eigenvalue weighted by Crippen LogP contribution is 2.16. The molecule has 1 amide bonds. The lowest BCUT2D eigenvalue weighted by Crippen LogP contribution is -2.37. The van der Waals surface area contributed by atoms with Gasteiger partial charge >= 0.3 is 5.97 Å². The van der Waals surface area contributed by atoms with Gasteiger partial charge in [-0.25, -0.2) is 0 Å². The van der Waals surface area contributed by atoms with Crippen LogP contribution in [0.25, 0.3) is 0 Å². The van der Waals surface area contributed by atoms with Gasteiger partial charge in [-0.05, 0) is 6.42 Å². The Balaban J connectivity index is 4.10. The summed E-state index contributed by atoms with van der Waals surface area (Å²) in [5.74, 6) is -1.02. The Bertz CT molecular complexity index is 216. The maximum Gasteiger partial charge on any atom is 0.303 e. The molecule has 0 spiro atoms. The molecule has 0 radical (unpaired) electrons. The van der Waals surface area contributed by atoms with Gasteiger partial charge in [0.25, 0.3) is 5.91 Å². The molecule has 0 heterocycles. The molecule has 0 saturated carbocycles. The van der Waals surface area contributed by atoms with Crippen molar-refractivity contribution in [1.29, 1.82) is 0 Å². The van der Waals surface area contributed by atoms with E-state index in [0.717, 1.165) is 25.7 Å². The molecule has 0 aromatic carbocycles. The predicted molar refractivity (Wildman–Crippen MR) is 58.1 cm³/mol. The molecule has 0 aliphatic rings. The lowest BCUT2D eigenvalue weighted by molar-refractivity contribution is -0.155. The van der Waals surface area contributed by atoms with Gasteiger partial charge in [0.15, 0.2) is 6.10 Å². The molecular formula is C11H21NO3. The van der Waals surface area contributed by atoms with Crippen molar-refractivity contribution in [1.82, 2.24) is 0 Å². The molecule has 88 valence electrons. The number of carbonyl (C=O) groups excluding carboxylic acids is 2. The molecule has 0 rings (SSSR count). The van der Waals surface area contributed by atoms with Crippen molar-refractivity contribution in [2.45, 2.75) is 52.6 Å². The van der Waals surface area contributed by atoms with Crippen LogP contribution < -0.4 is 5.73 Å². The molecule has 0 saturated heterocycles. The summed E-state index contributed by atoms with van der Waals surface area (Å²) in [7, 11) is 0. The van der Waals surface area contributed by atoms with E-state index in [-0.39, 0.29) is 5.92 Å². The molecule has 0 aromatic heterocycles. The monoisotopic (exact) mass is 215 g/mol. The summed E-state index contributed by atoms with van der Waals surface area (Å²) in [6.45, 7) is 5.28. The number of primary amides is 1. The zero-order chi connectivity index (χ0) is 11.8. The summed E-state index contributed by atoms with van der Waals surface area (Å²) in [4.78, 5) is 21.8. The van der Waals surface area contributed by atoms with E-state index in [1.165, 1.54) is 6.92 Å². The van der Waals surface area contributed by atoms with Gasteiger partial charge in [-0.3, -0.25) is 9.59 Å². The number of ether oxygens (including phenoxy) is 1. The van der Waals surface area contributed by atoms with E-state index in [4.69, 9.17) is 10.5 Å². The van der Waals surface area contributed by atoms with E-state index in [1.807, 2.05) is 6.92 Å². The lowest BCUT2D eigenvalue weighted by Gasteiger charge is -2.20. The van der Waals surface area contributed by atoms with Crippen LogP contribution in [0.5, 0.6) is 0 Å². The maximum atomic E-state index is 11.1. The second kappa shape index (κ2) is 7.26. The first-order valence-electron chi connectivity index (χ1n) is 5.45. The zero-order valence-corrected chi connectivity index (χ0v) is 9.79. The van der Waals surface area contributed by atoms with Crippen LogP contribution in [0.3, 0.4) is 0 Å². The Hall–Kier alpha value is -1.06. The molecule has 2 unspecified atom stereocenters. The number of hydrogen-bond acceptors (Lipinski definition) is 3. The van der Waals surface area contributed by atoms with Crippen LogP contribution in [0.15, 0.2) is 0 Å². The second-order valence-corrected chi connectivity index (χ2v) is 3.91. The van der Waals surface area contributed by atoms with E-state index < -0.39 is 18.0 Å². The Labute approximate surface area is 91.2 Å². The van der Waals surface area contributed by atoms with Gasteiger partial charge in [0, 0.05) is 12.8 Å².